The molecule has 0 fully saturated rings. The van der Waals surface area contributed by atoms with Crippen molar-refractivity contribution in [3.05, 3.63) is 56.1 Å². The molecule has 2 aromatic carbocycles. The molecule has 0 spiro atoms. The quantitative estimate of drug-likeness (QED) is 0.248. The largest absolute Gasteiger partial charge is 0.506 e. The first-order valence-corrected chi connectivity index (χ1v) is 9.88. The summed E-state index contributed by atoms with van der Waals surface area (Å²) in [5.41, 5.74) is -2.61. The van der Waals surface area contributed by atoms with E-state index >= 15 is 0 Å². The van der Waals surface area contributed by atoms with E-state index < -0.39 is 62.7 Å². The summed E-state index contributed by atoms with van der Waals surface area (Å²) in [5.74, 6) is -1.10. The van der Waals surface area contributed by atoms with E-state index in [-0.39, 0.29) is 5.56 Å². The molecule has 0 bridgehead atoms. The van der Waals surface area contributed by atoms with Gasteiger partial charge in [0.2, 0.25) is 0 Å². The van der Waals surface area contributed by atoms with Gasteiger partial charge in [0.15, 0.2) is 0 Å². The molecule has 0 aliphatic heterocycles. The molecular formula is C13H9N3O11S2. The van der Waals surface area contributed by atoms with Gasteiger partial charge in [-0.15, -0.1) is 0 Å². The second kappa shape index (κ2) is 7.51. The minimum absolute atomic E-state index is 0.307. The highest BCUT2D eigenvalue weighted by Gasteiger charge is 2.24. The Hall–Kier alpha value is -3.47. The second-order valence-corrected chi connectivity index (χ2v) is 8.07. The molecule has 16 heteroatoms. The van der Waals surface area contributed by atoms with E-state index in [0.29, 0.717) is 24.4 Å². The molecule has 14 nitrogen and oxygen atoms in total. The molecule has 0 aliphatic carbocycles. The van der Waals surface area contributed by atoms with Crippen LogP contribution in [0, 0.1) is 20.2 Å². The van der Waals surface area contributed by atoms with Gasteiger partial charge in [-0.2, -0.15) is 16.8 Å². The predicted molar refractivity (Wildman–Crippen MR) is 94.7 cm³/mol. The summed E-state index contributed by atoms with van der Waals surface area (Å²) in [5, 5.41) is 31.7. The predicted octanol–water partition coefficient (Wildman–Crippen LogP) is 1.45. The SMILES string of the molecule is O=[N+]([O-])c1ccc(C=Nc2c(O)cc(S(=O)(=O)O)cc2S(=O)(=O)O)c([N+](=O)[O-])c1. The molecular weight excluding hydrogens is 438 g/mol. The van der Waals surface area contributed by atoms with Gasteiger partial charge in [0.1, 0.15) is 16.3 Å². The molecule has 2 rings (SSSR count). The summed E-state index contributed by atoms with van der Waals surface area (Å²) in [7, 11) is -10.1. The molecule has 3 N–H and O–H groups in total. The van der Waals surface area contributed by atoms with E-state index in [9.17, 15) is 46.7 Å². The topological polar surface area (TPSA) is 228 Å². The summed E-state index contributed by atoms with van der Waals surface area (Å²) < 4.78 is 63.6. The molecule has 0 saturated heterocycles. The zero-order valence-corrected chi connectivity index (χ0v) is 15.4. The maximum Gasteiger partial charge on any atom is 0.296 e. The normalized spacial score (nSPS) is 12.2. The standard InChI is InChI=1S/C13H9N3O11S2/c17-11-4-9(28(22,23)24)5-12(29(25,26)27)13(11)14-6-7-1-2-8(15(18)19)3-10(7)16(20)21/h1-6,17H,(H,22,23,24)(H,25,26,27). The third-order valence-electron chi connectivity index (χ3n) is 3.36. The number of nitro benzene ring substituents is 2. The second-order valence-electron chi connectivity index (χ2n) is 5.25. The van der Waals surface area contributed by atoms with Gasteiger partial charge < -0.3 is 5.11 Å². The molecule has 154 valence electrons. The minimum atomic E-state index is -5.16. The van der Waals surface area contributed by atoms with Crippen LogP contribution in [-0.2, 0) is 20.2 Å². The van der Waals surface area contributed by atoms with E-state index in [1.807, 2.05) is 0 Å². The summed E-state index contributed by atoms with van der Waals surface area (Å²) in [6, 6.07) is 3.18. The molecule has 2 aromatic rings. The van der Waals surface area contributed by atoms with Crippen LogP contribution in [0.25, 0.3) is 0 Å². The van der Waals surface area contributed by atoms with Crippen LogP contribution in [0.1, 0.15) is 5.56 Å². The number of aromatic hydroxyl groups is 1. The van der Waals surface area contributed by atoms with Crippen molar-refractivity contribution in [1.82, 2.24) is 0 Å². The number of phenolic OH excluding ortho intramolecular Hbond substituents is 1. The Morgan fingerprint density at radius 1 is 0.931 bits per heavy atom. The van der Waals surface area contributed by atoms with Gasteiger partial charge in [0.05, 0.1) is 26.4 Å². The minimum Gasteiger partial charge on any atom is -0.506 e. The molecule has 0 atom stereocenters. The lowest BCUT2D eigenvalue weighted by molar-refractivity contribution is -0.394. The summed E-state index contributed by atoms with van der Waals surface area (Å²) >= 11 is 0. The van der Waals surface area contributed by atoms with Crippen molar-refractivity contribution in [2.24, 2.45) is 4.99 Å². The molecule has 0 radical (unpaired) electrons. The first-order valence-electron chi connectivity index (χ1n) is 7.00. The van der Waals surface area contributed by atoms with Crippen molar-refractivity contribution in [2.45, 2.75) is 9.79 Å². The Labute approximate surface area is 161 Å². The van der Waals surface area contributed by atoms with E-state index in [1.165, 1.54) is 0 Å². The highest BCUT2D eigenvalue weighted by Crippen LogP contribution is 2.37. The van der Waals surface area contributed by atoms with Crippen LogP contribution < -0.4 is 0 Å². The van der Waals surface area contributed by atoms with Crippen molar-refractivity contribution < 1.29 is 40.9 Å². The third-order valence-corrected chi connectivity index (χ3v) is 5.06. The van der Waals surface area contributed by atoms with Gasteiger partial charge >= 0.3 is 0 Å². The van der Waals surface area contributed by atoms with E-state index in [1.54, 1.807) is 0 Å². The Kier molecular flexibility index (Phi) is 5.65. The van der Waals surface area contributed by atoms with E-state index in [2.05, 4.69) is 4.99 Å². The highest BCUT2D eigenvalue weighted by molar-refractivity contribution is 7.86. The van der Waals surface area contributed by atoms with Gasteiger partial charge in [-0.3, -0.25) is 34.3 Å². The molecule has 0 amide bonds. The van der Waals surface area contributed by atoms with Gasteiger partial charge in [0.25, 0.3) is 31.6 Å². The maximum absolute atomic E-state index is 11.5. The number of aliphatic imine (C=N–C) groups is 1. The number of hydrogen-bond donors (Lipinski definition) is 3. The van der Waals surface area contributed by atoms with E-state index in [0.717, 1.165) is 12.1 Å². The Balaban J connectivity index is 2.70. The molecule has 0 aliphatic rings. The number of phenols is 1. The van der Waals surface area contributed by atoms with Crippen LogP contribution >= 0.6 is 0 Å². The van der Waals surface area contributed by atoms with Crippen molar-refractivity contribution in [3.63, 3.8) is 0 Å². The molecule has 0 unspecified atom stereocenters. The van der Waals surface area contributed by atoms with Crippen LogP contribution in [0.4, 0.5) is 17.1 Å². The Morgan fingerprint density at radius 3 is 2.03 bits per heavy atom. The fraction of sp³-hybridized carbons (Fsp3) is 0. The zero-order valence-electron chi connectivity index (χ0n) is 13.7. The fourth-order valence-corrected chi connectivity index (χ4v) is 3.37. The average Bonchev–Trinajstić information content (AvgIpc) is 2.58. The van der Waals surface area contributed by atoms with Crippen molar-refractivity contribution in [3.8, 4) is 5.75 Å². The Bertz CT molecular complexity index is 1270. The smallest absolute Gasteiger partial charge is 0.296 e. The maximum atomic E-state index is 11.5. The monoisotopic (exact) mass is 447 g/mol. The number of nitrogens with zero attached hydrogens (tertiary/aromatic N) is 3. The first kappa shape index (κ1) is 21.8. The number of benzene rings is 2. The number of nitro groups is 2. The first-order chi connectivity index (χ1) is 13.2. The fourth-order valence-electron chi connectivity index (χ4n) is 2.09. The van der Waals surface area contributed by atoms with Gasteiger partial charge in [-0.25, -0.2) is 0 Å². The van der Waals surface area contributed by atoms with E-state index in [4.69, 9.17) is 4.55 Å². The van der Waals surface area contributed by atoms with Crippen LogP contribution in [-0.4, -0.2) is 47.1 Å². The molecule has 0 aromatic heterocycles. The molecule has 0 saturated carbocycles. The lowest BCUT2D eigenvalue weighted by Gasteiger charge is -2.07. The number of hydrogen-bond acceptors (Lipinski definition) is 10. The summed E-state index contributed by atoms with van der Waals surface area (Å²) in [4.78, 5) is 21.2. The van der Waals surface area contributed by atoms with Crippen LogP contribution in [0.5, 0.6) is 5.75 Å². The lowest BCUT2D eigenvalue weighted by atomic mass is 10.1. The van der Waals surface area contributed by atoms with Crippen molar-refractivity contribution >= 4 is 43.5 Å². The number of rotatable bonds is 6. The average molecular weight is 447 g/mol. The highest BCUT2D eigenvalue weighted by atomic mass is 32.2. The van der Waals surface area contributed by atoms with Crippen molar-refractivity contribution in [2.75, 3.05) is 0 Å². The Morgan fingerprint density at radius 2 is 1.55 bits per heavy atom. The van der Waals surface area contributed by atoms with Gasteiger partial charge in [0, 0.05) is 18.3 Å². The molecule has 29 heavy (non-hydrogen) atoms. The summed E-state index contributed by atoms with van der Waals surface area (Å²) in [6.45, 7) is 0. The van der Waals surface area contributed by atoms with Crippen LogP contribution in [0.2, 0.25) is 0 Å². The van der Waals surface area contributed by atoms with Gasteiger partial charge in [-0.1, -0.05) is 0 Å². The zero-order chi connectivity index (χ0) is 22.1. The van der Waals surface area contributed by atoms with Crippen LogP contribution in [0.3, 0.4) is 0 Å². The van der Waals surface area contributed by atoms with Crippen molar-refractivity contribution in [1.29, 1.82) is 0 Å². The molecule has 0 heterocycles. The number of non-ortho nitro benzene ring substituents is 1. The van der Waals surface area contributed by atoms with Crippen LogP contribution in [0.15, 0.2) is 45.1 Å². The lowest BCUT2D eigenvalue weighted by Crippen LogP contribution is -2.04. The third kappa shape index (κ3) is 4.88. The van der Waals surface area contributed by atoms with Gasteiger partial charge in [-0.05, 0) is 12.1 Å². The summed E-state index contributed by atoms with van der Waals surface area (Å²) in [6.07, 6.45) is 0.665.